The highest BCUT2D eigenvalue weighted by Crippen LogP contribution is 2.30. The minimum absolute atomic E-state index is 0. The highest BCUT2D eigenvalue weighted by molar-refractivity contribution is 5.94. The van der Waals surface area contributed by atoms with E-state index in [2.05, 4.69) is 67.8 Å². The molecule has 2 N–H and O–H groups in total. The fourth-order valence-corrected chi connectivity index (χ4v) is 4.04. The van der Waals surface area contributed by atoms with Crippen LogP contribution in [0.4, 0.5) is 5.82 Å². The van der Waals surface area contributed by atoms with Crippen LogP contribution in [0.15, 0.2) is 60.7 Å². The Morgan fingerprint density at radius 3 is 2.35 bits per heavy atom. The SMILES string of the molecule is CCc1nc2ccc(NC(=O)C(C)(C)C)nc2n1Cc1ccc(-c2ccccc2-c2nnn[nH]2)cc1.Cl. The van der Waals surface area contributed by atoms with Crippen molar-refractivity contribution in [2.45, 2.75) is 40.7 Å². The van der Waals surface area contributed by atoms with Crippen molar-refractivity contribution >= 4 is 35.3 Å². The molecule has 3 heterocycles. The van der Waals surface area contributed by atoms with Crippen molar-refractivity contribution in [3.63, 3.8) is 0 Å². The summed E-state index contributed by atoms with van der Waals surface area (Å²) in [5, 5.41) is 17.2. The molecule has 1 amide bonds. The van der Waals surface area contributed by atoms with E-state index >= 15 is 0 Å². The van der Waals surface area contributed by atoms with Gasteiger partial charge in [-0.2, -0.15) is 0 Å². The monoisotopic (exact) mass is 516 g/mol. The fraction of sp³-hybridized carbons (Fsp3) is 0.259. The molecular formula is C27H29ClN8O. The lowest BCUT2D eigenvalue weighted by Crippen LogP contribution is -2.28. The minimum Gasteiger partial charge on any atom is -0.310 e. The van der Waals surface area contributed by atoms with Crippen LogP contribution in [0.2, 0.25) is 0 Å². The maximum absolute atomic E-state index is 12.5. The molecule has 37 heavy (non-hydrogen) atoms. The first-order chi connectivity index (χ1) is 17.3. The molecule has 0 saturated carbocycles. The molecule has 2 aromatic carbocycles. The molecule has 9 nitrogen and oxygen atoms in total. The van der Waals surface area contributed by atoms with Gasteiger partial charge in [-0.15, -0.1) is 17.5 Å². The Balaban J connectivity index is 0.00000320. The number of aryl methyl sites for hydroxylation is 1. The van der Waals surface area contributed by atoms with Gasteiger partial charge in [0.25, 0.3) is 0 Å². The second-order valence-electron chi connectivity index (χ2n) is 9.70. The normalized spacial score (nSPS) is 11.4. The largest absolute Gasteiger partial charge is 0.310 e. The molecule has 0 fully saturated rings. The van der Waals surface area contributed by atoms with Crippen LogP contribution in [0.5, 0.6) is 0 Å². The van der Waals surface area contributed by atoms with Gasteiger partial charge in [0.05, 0.1) is 6.54 Å². The second kappa shape index (κ2) is 10.5. The number of amides is 1. The van der Waals surface area contributed by atoms with Gasteiger partial charge in [0.15, 0.2) is 11.5 Å². The van der Waals surface area contributed by atoms with Gasteiger partial charge in [0, 0.05) is 17.4 Å². The predicted octanol–water partition coefficient (Wildman–Crippen LogP) is 5.30. The molecule has 0 unspecified atom stereocenters. The standard InChI is InChI=1S/C27H28N8O.ClH/c1-5-23-28-21-14-15-22(30-26(36)27(2,3)4)29-25(21)35(23)16-17-10-12-18(13-11-17)19-8-6-7-9-20(19)24-31-33-34-32-24;/h6-15H,5,16H2,1-4H3,(H,29,30,36)(H,31,32,33,34);1H. The van der Waals surface area contributed by atoms with E-state index in [0.29, 0.717) is 18.2 Å². The van der Waals surface area contributed by atoms with Gasteiger partial charge in [-0.25, -0.2) is 15.1 Å². The lowest BCUT2D eigenvalue weighted by atomic mass is 9.96. The van der Waals surface area contributed by atoms with Crippen LogP contribution in [0.25, 0.3) is 33.7 Å². The number of nitrogens with one attached hydrogen (secondary N) is 2. The Kier molecular flexibility index (Phi) is 7.35. The van der Waals surface area contributed by atoms with Crippen LogP contribution in [0, 0.1) is 5.41 Å². The van der Waals surface area contributed by atoms with Crippen LogP contribution in [0.1, 0.15) is 39.1 Å². The van der Waals surface area contributed by atoms with Crippen LogP contribution in [0.3, 0.4) is 0 Å². The smallest absolute Gasteiger partial charge is 0.230 e. The van der Waals surface area contributed by atoms with Crippen molar-refractivity contribution in [3.05, 3.63) is 72.1 Å². The first-order valence-electron chi connectivity index (χ1n) is 11.9. The highest BCUT2D eigenvalue weighted by Gasteiger charge is 2.22. The summed E-state index contributed by atoms with van der Waals surface area (Å²) < 4.78 is 2.12. The number of hydrogen-bond acceptors (Lipinski definition) is 6. The van der Waals surface area contributed by atoms with Crippen LogP contribution in [-0.2, 0) is 17.8 Å². The minimum atomic E-state index is -0.504. The molecule has 5 rings (SSSR count). The van der Waals surface area contributed by atoms with Gasteiger partial charge in [-0.05, 0) is 39.2 Å². The number of fused-ring (bicyclic) bond motifs is 1. The molecule has 0 aliphatic heterocycles. The van der Waals surface area contributed by atoms with Gasteiger partial charge < -0.3 is 9.88 Å². The highest BCUT2D eigenvalue weighted by atomic mass is 35.5. The van der Waals surface area contributed by atoms with E-state index in [9.17, 15) is 4.79 Å². The summed E-state index contributed by atoms with van der Waals surface area (Å²) in [7, 11) is 0. The van der Waals surface area contributed by atoms with Gasteiger partial charge in [-0.3, -0.25) is 4.79 Å². The Morgan fingerprint density at radius 2 is 1.70 bits per heavy atom. The third kappa shape index (κ3) is 5.36. The van der Waals surface area contributed by atoms with Gasteiger partial charge in [0.1, 0.15) is 17.2 Å². The summed E-state index contributed by atoms with van der Waals surface area (Å²) in [6.45, 7) is 8.34. The number of hydrogen-bond donors (Lipinski definition) is 2. The van der Waals surface area contributed by atoms with Gasteiger partial charge in [-0.1, -0.05) is 76.2 Å². The number of benzene rings is 2. The Bertz CT molecular complexity index is 1520. The summed E-state index contributed by atoms with van der Waals surface area (Å²) in [5.41, 5.74) is 5.25. The Hall–Kier alpha value is -4.11. The summed E-state index contributed by atoms with van der Waals surface area (Å²) >= 11 is 0. The van der Waals surface area contributed by atoms with E-state index in [1.807, 2.05) is 45.0 Å². The number of aromatic amines is 1. The quantitative estimate of drug-likeness (QED) is 0.316. The molecule has 0 spiro atoms. The van der Waals surface area contributed by atoms with Crippen LogP contribution in [-0.4, -0.2) is 41.1 Å². The van der Waals surface area contributed by atoms with Crippen molar-refractivity contribution in [1.29, 1.82) is 0 Å². The molecule has 10 heteroatoms. The number of pyridine rings is 1. The number of anilines is 1. The van der Waals surface area contributed by atoms with Crippen molar-refractivity contribution < 1.29 is 4.79 Å². The van der Waals surface area contributed by atoms with Gasteiger partial charge in [0.2, 0.25) is 5.91 Å². The fourth-order valence-electron chi connectivity index (χ4n) is 4.04. The van der Waals surface area contributed by atoms with E-state index in [-0.39, 0.29) is 18.3 Å². The maximum atomic E-state index is 12.5. The number of halogens is 1. The lowest BCUT2D eigenvalue weighted by Gasteiger charge is -2.17. The molecule has 0 bridgehead atoms. The summed E-state index contributed by atoms with van der Waals surface area (Å²) in [4.78, 5) is 22.0. The van der Waals surface area contributed by atoms with E-state index in [0.717, 1.165) is 45.7 Å². The molecule has 0 atom stereocenters. The number of tetrazole rings is 1. The van der Waals surface area contributed by atoms with Crippen LogP contribution >= 0.6 is 12.4 Å². The average Bonchev–Trinajstić information content (AvgIpc) is 3.52. The summed E-state index contributed by atoms with van der Waals surface area (Å²) in [5.74, 6) is 2.03. The Labute approximate surface area is 221 Å². The number of imidazole rings is 1. The van der Waals surface area contributed by atoms with E-state index in [4.69, 9.17) is 9.97 Å². The predicted molar refractivity (Wildman–Crippen MR) is 146 cm³/mol. The number of carbonyl (C=O) groups excluding carboxylic acids is 1. The second-order valence-corrected chi connectivity index (χ2v) is 9.70. The maximum Gasteiger partial charge on any atom is 0.230 e. The van der Waals surface area contributed by atoms with E-state index in [1.54, 1.807) is 6.07 Å². The third-order valence-electron chi connectivity index (χ3n) is 6.04. The van der Waals surface area contributed by atoms with E-state index < -0.39 is 5.41 Å². The van der Waals surface area contributed by atoms with Crippen molar-refractivity contribution in [3.8, 4) is 22.5 Å². The zero-order valence-corrected chi connectivity index (χ0v) is 22.0. The Morgan fingerprint density at radius 1 is 0.973 bits per heavy atom. The topological polar surface area (TPSA) is 114 Å². The van der Waals surface area contributed by atoms with Crippen LogP contribution < -0.4 is 5.32 Å². The van der Waals surface area contributed by atoms with Gasteiger partial charge >= 0.3 is 0 Å². The molecule has 0 aliphatic rings. The summed E-state index contributed by atoms with van der Waals surface area (Å²) in [6, 6.07) is 20.2. The van der Waals surface area contributed by atoms with Crippen molar-refractivity contribution in [1.82, 2.24) is 35.2 Å². The molecular weight excluding hydrogens is 488 g/mol. The average molecular weight is 517 g/mol. The summed E-state index contributed by atoms with van der Waals surface area (Å²) in [6.07, 6.45) is 0.775. The zero-order valence-electron chi connectivity index (χ0n) is 21.2. The molecule has 0 saturated heterocycles. The number of nitrogens with zero attached hydrogens (tertiary/aromatic N) is 6. The third-order valence-corrected chi connectivity index (χ3v) is 6.04. The number of carbonyl (C=O) groups is 1. The van der Waals surface area contributed by atoms with E-state index in [1.165, 1.54) is 0 Å². The number of H-pyrrole nitrogens is 1. The molecule has 0 radical (unpaired) electrons. The molecule has 190 valence electrons. The molecule has 5 aromatic rings. The molecule has 0 aliphatic carbocycles. The number of aromatic nitrogens is 7. The first-order valence-corrected chi connectivity index (χ1v) is 11.9. The van der Waals surface area contributed by atoms with Crippen molar-refractivity contribution in [2.75, 3.05) is 5.32 Å². The lowest BCUT2D eigenvalue weighted by molar-refractivity contribution is -0.123. The molecule has 3 aromatic heterocycles. The van der Waals surface area contributed by atoms with Crippen molar-refractivity contribution in [2.24, 2.45) is 5.41 Å². The number of rotatable bonds is 6. The first kappa shape index (κ1) is 26.0. The zero-order chi connectivity index (χ0) is 25.3.